The molecule has 0 amide bonds. The monoisotopic (exact) mass is 240 g/mol. The van der Waals surface area contributed by atoms with Crippen molar-refractivity contribution in [3.05, 3.63) is 34.6 Å². The maximum absolute atomic E-state index is 13.3. The minimum atomic E-state index is -0.453. The fourth-order valence-electron chi connectivity index (χ4n) is 0.998. The van der Waals surface area contributed by atoms with E-state index in [9.17, 15) is 4.39 Å². The van der Waals surface area contributed by atoms with E-state index in [2.05, 4.69) is 31.2 Å². The molecule has 0 aliphatic heterocycles. The fraction of sp³-hybridized carbons (Fsp3) is 0. The zero-order valence-electron chi connectivity index (χ0n) is 7.85. The number of hydrazone groups is 1. The highest BCUT2D eigenvalue weighted by Gasteiger charge is 2.03. The molecule has 0 saturated heterocycles. The van der Waals surface area contributed by atoms with Crippen molar-refractivity contribution in [2.75, 3.05) is 5.43 Å². The lowest BCUT2D eigenvalue weighted by Crippen LogP contribution is -1.95. The van der Waals surface area contributed by atoms with E-state index in [4.69, 9.17) is 11.6 Å². The molecule has 0 spiro atoms. The summed E-state index contributed by atoms with van der Waals surface area (Å²) in [6.07, 6.45) is 1.24. The quantitative estimate of drug-likeness (QED) is 0.629. The van der Waals surface area contributed by atoms with Gasteiger partial charge in [0.1, 0.15) is 5.82 Å². The summed E-state index contributed by atoms with van der Waals surface area (Å²) in [7, 11) is 0. The number of aromatic nitrogens is 4. The minimum absolute atomic E-state index is 0.184. The number of nitrogens with one attached hydrogen (secondary N) is 2. The first-order chi connectivity index (χ1) is 7.77. The fourth-order valence-corrected chi connectivity index (χ4v) is 1.21. The topological polar surface area (TPSA) is 78.9 Å². The molecule has 1 aromatic heterocycles. The van der Waals surface area contributed by atoms with E-state index in [0.29, 0.717) is 0 Å². The third-order valence-electron chi connectivity index (χ3n) is 1.70. The lowest BCUT2D eigenvalue weighted by Gasteiger charge is -1.98. The van der Waals surface area contributed by atoms with Crippen LogP contribution in [-0.4, -0.2) is 26.8 Å². The molecule has 0 saturated carbocycles. The van der Waals surface area contributed by atoms with Crippen LogP contribution in [-0.2, 0) is 0 Å². The first-order valence-corrected chi connectivity index (χ1v) is 4.61. The van der Waals surface area contributed by atoms with Crippen LogP contribution in [0.2, 0.25) is 5.02 Å². The summed E-state index contributed by atoms with van der Waals surface area (Å²) in [5, 5.41) is 16.7. The third-order valence-corrected chi connectivity index (χ3v) is 2.03. The Morgan fingerprint density at radius 3 is 3.06 bits per heavy atom. The molecular formula is C8H6ClFN6. The van der Waals surface area contributed by atoms with Gasteiger partial charge in [-0.1, -0.05) is 22.8 Å². The average molecular weight is 241 g/mol. The Kier molecular flexibility index (Phi) is 3.06. The molecule has 0 radical (unpaired) electrons. The van der Waals surface area contributed by atoms with Crippen LogP contribution in [0, 0.1) is 5.82 Å². The van der Waals surface area contributed by atoms with Crippen LogP contribution in [0.15, 0.2) is 23.3 Å². The standard InChI is InChI=1S/C8H6ClFN6/c9-6-2-1-3-7(10)5(6)4-11-12-8-13-15-16-14-8/h1-4H,(H2,12,13,14,15,16)/b11-4+. The van der Waals surface area contributed by atoms with Crippen LogP contribution in [0.5, 0.6) is 0 Å². The van der Waals surface area contributed by atoms with Crippen molar-refractivity contribution >= 4 is 23.8 Å². The summed E-state index contributed by atoms with van der Waals surface area (Å²) in [6.45, 7) is 0. The zero-order valence-corrected chi connectivity index (χ0v) is 8.61. The van der Waals surface area contributed by atoms with E-state index >= 15 is 0 Å². The summed E-state index contributed by atoms with van der Waals surface area (Å²) in [4.78, 5) is 0. The molecule has 0 fully saturated rings. The molecule has 2 N–H and O–H groups in total. The van der Waals surface area contributed by atoms with Crippen molar-refractivity contribution in [2.45, 2.75) is 0 Å². The van der Waals surface area contributed by atoms with E-state index in [0.717, 1.165) is 0 Å². The van der Waals surface area contributed by atoms with Gasteiger partial charge in [0.2, 0.25) is 0 Å². The number of tetrazole rings is 1. The van der Waals surface area contributed by atoms with Crippen LogP contribution in [0.25, 0.3) is 0 Å². The third kappa shape index (κ3) is 2.31. The lowest BCUT2D eigenvalue weighted by atomic mass is 10.2. The van der Waals surface area contributed by atoms with E-state index in [1.807, 2.05) is 0 Å². The number of hydrogen-bond donors (Lipinski definition) is 2. The number of hydrogen-bond acceptors (Lipinski definition) is 5. The maximum atomic E-state index is 13.3. The second kappa shape index (κ2) is 4.67. The Balaban J connectivity index is 2.12. The van der Waals surface area contributed by atoms with Gasteiger partial charge in [-0.25, -0.2) is 9.82 Å². The van der Waals surface area contributed by atoms with Crippen molar-refractivity contribution in [2.24, 2.45) is 5.10 Å². The molecule has 6 nitrogen and oxygen atoms in total. The number of nitrogens with zero attached hydrogens (tertiary/aromatic N) is 4. The molecule has 82 valence electrons. The molecule has 8 heteroatoms. The van der Waals surface area contributed by atoms with Crippen molar-refractivity contribution in [3.8, 4) is 0 Å². The predicted molar refractivity (Wildman–Crippen MR) is 56.8 cm³/mol. The number of anilines is 1. The van der Waals surface area contributed by atoms with Gasteiger partial charge in [0.15, 0.2) is 0 Å². The molecule has 2 aromatic rings. The molecule has 0 bridgehead atoms. The van der Waals surface area contributed by atoms with Crippen LogP contribution in [0.3, 0.4) is 0 Å². The molecule has 1 heterocycles. The number of halogens is 2. The molecular weight excluding hydrogens is 235 g/mol. The number of rotatable bonds is 3. The highest BCUT2D eigenvalue weighted by atomic mass is 35.5. The van der Waals surface area contributed by atoms with Gasteiger partial charge in [-0.2, -0.15) is 10.3 Å². The summed E-state index contributed by atoms with van der Waals surface area (Å²) in [6, 6.07) is 4.38. The number of benzene rings is 1. The minimum Gasteiger partial charge on any atom is -0.243 e. The van der Waals surface area contributed by atoms with Gasteiger partial charge in [0.05, 0.1) is 11.2 Å². The summed E-state index contributed by atoms with van der Waals surface area (Å²) in [5.74, 6) is -0.269. The SMILES string of the molecule is Fc1cccc(Cl)c1/C=N/Nc1nn[nH]n1. The van der Waals surface area contributed by atoms with E-state index in [1.54, 1.807) is 6.07 Å². The Morgan fingerprint density at radius 1 is 1.50 bits per heavy atom. The molecule has 0 atom stereocenters. The second-order valence-corrected chi connectivity index (χ2v) is 3.15. The number of H-pyrrole nitrogens is 1. The molecule has 16 heavy (non-hydrogen) atoms. The number of aromatic amines is 1. The van der Waals surface area contributed by atoms with Gasteiger partial charge < -0.3 is 0 Å². The largest absolute Gasteiger partial charge is 0.283 e. The predicted octanol–water partition coefficient (Wildman–Crippen LogP) is 1.44. The summed E-state index contributed by atoms with van der Waals surface area (Å²) >= 11 is 5.78. The highest BCUT2D eigenvalue weighted by Crippen LogP contribution is 2.16. The molecule has 0 aliphatic rings. The van der Waals surface area contributed by atoms with Crippen LogP contribution in [0.1, 0.15) is 5.56 Å². The van der Waals surface area contributed by atoms with Crippen molar-refractivity contribution in [3.63, 3.8) is 0 Å². The van der Waals surface area contributed by atoms with Crippen LogP contribution < -0.4 is 5.43 Å². The smallest absolute Gasteiger partial charge is 0.243 e. The lowest BCUT2D eigenvalue weighted by molar-refractivity contribution is 0.626. The normalized spacial score (nSPS) is 10.9. The Morgan fingerprint density at radius 2 is 2.38 bits per heavy atom. The zero-order chi connectivity index (χ0) is 11.4. The maximum Gasteiger partial charge on any atom is 0.283 e. The van der Waals surface area contributed by atoms with Gasteiger partial charge in [-0.05, 0) is 17.3 Å². The molecule has 1 aromatic carbocycles. The van der Waals surface area contributed by atoms with Gasteiger partial charge in [-0.15, -0.1) is 5.10 Å². The average Bonchev–Trinajstić information content (AvgIpc) is 2.75. The first kappa shape index (κ1) is 10.5. The van der Waals surface area contributed by atoms with Crippen LogP contribution >= 0.6 is 11.6 Å². The highest BCUT2D eigenvalue weighted by molar-refractivity contribution is 6.33. The van der Waals surface area contributed by atoms with Crippen molar-refractivity contribution in [1.29, 1.82) is 0 Å². The molecule has 0 unspecified atom stereocenters. The van der Waals surface area contributed by atoms with Crippen molar-refractivity contribution in [1.82, 2.24) is 20.6 Å². The van der Waals surface area contributed by atoms with Crippen LogP contribution in [0.4, 0.5) is 10.3 Å². The van der Waals surface area contributed by atoms with Gasteiger partial charge in [0, 0.05) is 5.56 Å². The Bertz CT molecular complexity index is 477. The van der Waals surface area contributed by atoms with E-state index in [1.165, 1.54) is 18.3 Å². The summed E-state index contributed by atoms with van der Waals surface area (Å²) in [5.41, 5.74) is 2.65. The molecule has 0 aliphatic carbocycles. The Labute approximate surface area is 94.5 Å². The first-order valence-electron chi connectivity index (χ1n) is 4.24. The second-order valence-electron chi connectivity index (χ2n) is 2.74. The van der Waals surface area contributed by atoms with Gasteiger partial charge in [0.25, 0.3) is 5.95 Å². The summed E-state index contributed by atoms with van der Waals surface area (Å²) < 4.78 is 13.3. The van der Waals surface area contributed by atoms with Gasteiger partial charge >= 0.3 is 0 Å². The van der Waals surface area contributed by atoms with E-state index < -0.39 is 5.82 Å². The molecule has 2 rings (SSSR count). The van der Waals surface area contributed by atoms with E-state index in [-0.39, 0.29) is 16.5 Å². The van der Waals surface area contributed by atoms with Crippen molar-refractivity contribution < 1.29 is 4.39 Å². The van der Waals surface area contributed by atoms with Gasteiger partial charge in [-0.3, -0.25) is 0 Å². The Hall–Kier alpha value is -2.02.